The topological polar surface area (TPSA) is 24.1 Å². The minimum atomic E-state index is -0.480. The lowest BCUT2D eigenvalue weighted by atomic mass is 10.0. The van der Waals surface area contributed by atoms with Crippen LogP contribution in [0.2, 0.25) is 0 Å². The lowest BCUT2D eigenvalue weighted by Crippen LogP contribution is -2.28. The molecule has 126 valence electrons. The second-order valence-corrected chi connectivity index (χ2v) is 5.86. The average molecular weight is 354 g/mol. The van der Waals surface area contributed by atoms with Crippen molar-refractivity contribution in [1.82, 2.24) is 5.32 Å². The molecular weight excluding hydrogens is 338 g/mol. The van der Waals surface area contributed by atoms with Crippen LogP contribution < -0.4 is 10.6 Å². The third kappa shape index (κ3) is 4.39. The summed E-state index contributed by atoms with van der Waals surface area (Å²) in [5.74, 6) is -0.951. The second kappa shape index (κ2) is 7.85. The lowest BCUT2D eigenvalue weighted by molar-refractivity contribution is 0.582. The summed E-state index contributed by atoms with van der Waals surface area (Å²) in [5, 5.41) is 6.37. The zero-order chi connectivity index (χ0) is 17.6. The summed E-state index contributed by atoms with van der Waals surface area (Å²) in [4.78, 5) is 0. The molecule has 0 unspecified atom stereocenters. The largest absolute Gasteiger partial charge is 0.358 e. The van der Waals surface area contributed by atoms with E-state index in [4.69, 9.17) is 12.2 Å². The summed E-state index contributed by atoms with van der Waals surface area (Å²) in [5.41, 5.74) is 3.13. The van der Waals surface area contributed by atoms with Crippen LogP contribution >= 0.6 is 12.2 Å². The normalized spacial score (nSPS) is 10.3. The molecule has 2 nitrogen and oxygen atoms in total. The number of halogens is 2. The van der Waals surface area contributed by atoms with Crippen molar-refractivity contribution in [3.63, 3.8) is 0 Å². The van der Waals surface area contributed by atoms with E-state index >= 15 is 0 Å². The van der Waals surface area contributed by atoms with E-state index in [9.17, 15) is 8.78 Å². The Morgan fingerprint density at radius 1 is 0.880 bits per heavy atom. The molecule has 0 bridgehead atoms. The Balaban J connectivity index is 1.71. The standard InChI is InChI=1S/C20H16F2N2S/c21-16-10-11-18(22)15(12-16)13-23-20(25)24-19-9-5-4-8-17(19)14-6-2-1-3-7-14/h1-12H,13H2,(H2,23,24,25). The van der Waals surface area contributed by atoms with Gasteiger partial charge in [0, 0.05) is 23.4 Å². The minimum Gasteiger partial charge on any atom is -0.358 e. The van der Waals surface area contributed by atoms with Crippen molar-refractivity contribution in [1.29, 1.82) is 0 Å². The van der Waals surface area contributed by atoms with Gasteiger partial charge >= 0.3 is 0 Å². The van der Waals surface area contributed by atoms with Crippen molar-refractivity contribution in [2.75, 3.05) is 5.32 Å². The molecule has 0 aliphatic carbocycles. The lowest BCUT2D eigenvalue weighted by Gasteiger charge is -2.14. The molecule has 0 spiro atoms. The van der Waals surface area contributed by atoms with Gasteiger partial charge in [0.05, 0.1) is 0 Å². The van der Waals surface area contributed by atoms with Crippen molar-refractivity contribution in [2.24, 2.45) is 0 Å². The van der Waals surface area contributed by atoms with Gasteiger partial charge < -0.3 is 10.6 Å². The molecule has 0 atom stereocenters. The molecule has 0 aliphatic rings. The van der Waals surface area contributed by atoms with E-state index in [0.717, 1.165) is 35.0 Å². The molecule has 0 heterocycles. The van der Waals surface area contributed by atoms with E-state index in [1.807, 2.05) is 54.6 Å². The Morgan fingerprint density at radius 2 is 1.60 bits per heavy atom. The van der Waals surface area contributed by atoms with Crippen molar-refractivity contribution in [2.45, 2.75) is 6.54 Å². The van der Waals surface area contributed by atoms with Crippen molar-refractivity contribution in [3.05, 3.63) is 90.0 Å². The van der Waals surface area contributed by atoms with Gasteiger partial charge in [0.15, 0.2) is 5.11 Å². The molecular formula is C20H16F2N2S. The molecule has 0 saturated heterocycles. The zero-order valence-corrected chi connectivity index (χ0v) is 14.1. The Morgan fingerprint density at radius 3 is 2.40 bits per heavy atom. The van der Waals surface area contributed by atoms with Crippen LogP contribution in [0.4, 0.5) is 14.5 Å². The molecule has 2 N–H and O–H groups in total. The monoisotopic (exact) mass is 354 g/mol. The van der Waals surface area contributed by atoms with Crippen LogP contribution in [0.3, 0.4) is 0 Å². The number of anilines is 1. The van der Waals surface area contributed by atoms with Crippen LogP contribution in [0.15, 0.2) is 72.8 Å². The first-order valence-corrected chi connectivity index (χ1v) is 8.17. The van der Waals surface area contributed by atoms with E-state index in [2.05, 4.69) is 10.6 Å². The highest BCUT2D eigenvalue weighted by Gasteiger charge is 2.07. The Kier molecular flexibility index (Phi) is 5.36. The minimum absolute atomic E-state index is 0.100. The molecule has 5 heteroatoms. The smallest absolute Gasteiger partial charge is 0.171 e. The van der Waals surface area contributed by atoms with E-state index in [1.165, 1.54) is 0 Å². The van der Waals surface area contributed by atoms with Crippen LogP contribution in [-0.4, -0.2) is 5.11 Å². The van der Waals surface area contributed by atoms with Gasteiger partial charge in [0.2, 0.25) is 0 Å². The number of thiocarbonyl (C=S) groups is 1. The number of rotatable bonds is 4. The summed E-state index contributed by atoms with van der Waals surface area (Å²) in [6, 6.07) is 21.0. The highest BCUT2D eigenvalue weighted by Crippen LogP contribution is 2.27. The Labute approximate surface area is 150 Å². The highest BCUT2D eigenvalue weighted by molar-refractivity contribution is 7.80. The number of benzene rings is 3. The SMILES string of the molecule is Fc1ccc(F)c(CNC(=S)Nc2ccccc2-c2ccccc2)c1. The number of para-hydroxylation sites is 1. The van der Waals surface area contributed by atoms with Gasteiger partial charge in [-0.2, -0.15) is 0 Å². The van der Waals surface area contributed by atoms with Gasteiger partial charge in [0.25, 0.3) is 0 Å². The molecule has 0 saturated carbocycles. The molecule has 25 heavy (non-hydrogen) atoms. The third-order valence-corrected chi connectivity index (χ3v) is 3.95. The number of hydrogen-bond acceptors (Lipinski definition) is 1. The summed E-state index contributed by atoms with van der Waals surface area (Å²) >= 11 is 5.28. The molecule has 3 rings (SSSR count). The highest BCUT2D eigenvalue weighted by atomic mass is 32.1. The third-order valence-electron chi connectivity index (χ3n) is 3.71. The fourth-order valence-electron chi connectivity index (χ4n) is 2.48. The summed E-state index contributed by atoms with van der Waals surface area (Å²) in [6.07, 6.45) is 0. The fraction of sp³-hybridized carbons (Fsp3) is 0.0500. The second-order valence-electron chi connectivity index (χ2n) is 5.46. The quantitative estimate of drug-likeness (QED) is 0.636. The van der Waals surface area contributed by atoms with E-state index < -0.39 is 11.6 Å². The molecule has 0 amide bonds. The van der Waals surface area contributed by atoms with Gasteiger partial charge in [-0.15, -0.1) is 0 Å². The zero-order valence-electron chi connectivity index (χ0n) is 13.3. The number of hydrogen-bond donors (Lipinski definition) is 2. The fourth-order valence-corrected chi connectivity index (χ4v) is 2.66. The van der Waals surface area contributed by atoms with Gasteiger partial charge in [0.1, 0.15) is 11.6 Å². The first-order chi connectivity index (χ1) is 12.1. The van der Waals surface area contributed by atoms with E-state index in [1.54, 1.807) is 0 Å². The summed E-state index contributed by atoms with van der Waals surface area (Å²) < 4.78 is 26.9. The van der Waals surface area contributed by atoms with E-state index in [-0.39, 0.29) is 12.1 Å². The van der Waals surface area contributed by atoms with Crippen LogP contribution in [0.25, 0.3) is 11.1 Å². The Hall–Kier alpha value is -2.79. The maximum Gasteiger partial charge on any atom is 0.171 e. The van der Waals surface area contributed by atoms with Gasteiger partial charge in [-0.25, -0.2) is 8.78 Å². The molecule has 3 aromatic rings. The Bertz CT molecular complexity index is 882. The van der Waals surface area contributed by atoms with Gasteiger partial charge in [-0.3, -0.25) is 0 Å². The first-order valence-electron chi connectivity index (χ1n) is 7.77. The number of nitrogens with one attached hydrogen (secondary N) is 2. The van der Waals surface area contributed by atoms with Crippen LogP contribution in [-0.2, 0) is 6.54 Å². The first kappa shape index (κ1) is 17.0. The van der Waals surface area contributed by atoms with E-state index in [0.29, 0.717) is 5.11 Å². The summed E-state index contributed by atoms with van der Waals surface area (Å²) in [7, 11) is 0. The van der Waals surface area contributed by atoms with Gasteiger partial charge in [-0.1, -0.05) is 48.5 Å². The molecule has 0 fully saturated rings. The molecule has 0 radical (unpaired) electrons. The average Bonchev–Trinajstić information content (AvgIpc) is 2.64. The molecule has 3 aromatic carbocycles. The van der Waals surface area contributed by atoms with Crippen molar-refractivity contribution < 1.29 is 8.78 Å². The summed E-state index contributed by atoms with van der Waals surface area (Å²) in [6.45, 7) is 0.100. The van der Waals surface area contributed by atoms with Gasteiger partial charge in [-0.05, 0) is 42.0 Å². The predicted molar refractivity (Wildman–Crippen MR) is 101 cm³/mol. The van der Waals surface area contributed by atoms with Crippen LogP contribution in [0, 0.1) is 11.6 Å². The molecule has 0 aliphatic heterocycles. The molecule has 0 aromatic heterocycles. The van der Waals surface area contributed by atoms with Crippen LogP contribution in [0.1, 0.15) is 5.56 Å². The van der Waals surface area contributed by atoms with Crippen molar-refractivity contribution in [3.8, 4) is 11.1 Å². The van der Waals surface area contributed by atoms with Crippen LogP contribution in [0.5, 0.6) is 0 Å². The maximum atomic E-state index is 13.7. The maximum absolute atomic E-state index is 13.7. The predicted octanol–water partition coefficient (Wildman–Crippen LogP) is 5.12. The van der Waals surface area contributed by atoms with Crippen molar-refractivity contribution >= 4 is 23.0 Å².